The van der Waals surface area contributed by atoms with Crippen LogP contribution in [0.15, 0.2) is 34.3 Å². The normalized spacial score (nSPS) is 13.8. The summed E-state index contributed by atoms with van der Waals surface area (Å²) in [5, 5.41) is 2.41. The van der Waals surface area contributed by atoms with Gasteiger partial charge in [-0.15, -0.1) is 13.2 Å². The summed E-state index contributed by atoms with van der Waals surface area (Å²) in [4.78, 5) is 6.31. The molecule has 12 heteroatoms. The van der Waals surface area contributed by atoms with Crippen LogP contribution >= 0.6 is 0 Å². The third kappa shape index (κ3) is 8.38. The van der Waals surface area contributed by atoms with E-state index < -0.39 is 36.8 Å². The molecule has 128 valence electrons. The first kappa shape index (κ1) is 18.4. The Kier molecular flexibility index (Phi) is 5.65. The highest BCUT2D eigenvalue weighted by Crippen LogP contribution is 2.23. The molecule has 0 saturated carbocycles. The molecule has 0 amide bonds. The van der Waals surface area contributed by atoms with Crippen LogP contribution in [0, 0.1) is 0 Å². The van der Waals surface area contributed by atoms with Gasteiger partial charge in [0.05, 0.1) is 0 Å². The molecule has 0 aromatic heterocycles. The van der Waals surface area contributed by atoms with Crippen LogP contribution in [-0.2, 0) is 0 Å². The molecule has 0 unspecified atom stereocenters. The van der Waals surface area contributed by atoms with Gasteiger partial charge in [-0.2, -0.15) is 18.2 Å². The Morgan fingerprint density at radius 3 is 2.09 bits per heavy atom. The van der Waals surface area contributed by atoms with E-state index in [4.69, 9.17) is 11.5 Å². The standard InChI is InChI=1S/C11H11F6N5O/c12-10(13,14)5-20-8(18)22-9(19)21-6-1-3-7(4-2-6)23-11(15,16)17/h1-4H,5H2,(H5,18,19,20,21,22). The Morgan fingerprint density at radius 2 is 1.61 bits per heavy atom. The Hall–Kier alpha value is -2.66. The largest absolute Gasteiger partial charge is 0.573 e. The van der Waals surface area contributed by atoms with E-state index in [1.165, 1.54) is 12.1 Å². The maximum absolute atomic E-state index is 12.0. The number of alkyl halides is 6. The lowest BCUT2D eigenvalue weighted by atomic mass is 10.3. The van der Waals surface area contributed by atoms with Crippen LogP contribution in [-0.4, -0.2) is 31.0 Å². The van der Waals surface area contributed by atoms with Gasteiger partial charge in [0.2, 0.25) is 11.9 Å². The predicted octanol–water partition coefficient (Wildman–Crippen LogP) is 2.19. The molecule has 0 bridgehead atoms. The Balaban J connectivity index is 2.66. The number of hydrogen-bond donors (Lipinski definition) is 3. The fraction of sp³-hybridized carbons (Fsp3) is 0.273. The molecule has 0 aliphatic carbocycles. The van der Waals surface area contributed by atoms with Crippen molar-refractivity contribution in [3.63, 3.8) is 0 Å². The molecule has 0 aliphatic rings. The molecule has 0 fully saturated rings. The number of nitrogens with one attached hydrogen (secondary N) is 1. The number of hydrogen-bond acceptors (Lipinski definition) is 2. The number of ether oxygens (including phenoxy) is 1. The summed E-state index contributed by atoms with van der Waals surface area (Å²) < 4.78 is 75.3. The molecule has 1 aromatic rings. The fourth-order valence-corrected chi connectivity index (χ4v) is 1.25. The topological polar surface area (TPSA) is 98.0 Å². The quantitative estimate of drug-likeness (QED) is 0.445. The number of halogens is 6. The van der Waals surface area contributed by atoms with Crippen molar-refractivity contribution in [2.75, 3.05) is 11.9 Å². The molecule has 0 heterocycles. The van der Waals surface area contributed by atoms with Gasteiger partial charge in [-0.05, 0) is 24.3 Å². The highest BCUT2D eigenvalue weighted by Gasteiger charge is 2.31. The van der Waals surface area contributed by atoms with Gasteiger partial charge in [-0.3, -0.25) is 0 Å². The van der Waals surface area contributed by atoms with Gasteiger partial charge in [0.25, 0.3) is 0 Å². The summed E-state index contributed by atoms with van der Waals surface area (Å²) in [7, 11) is 0. The van der Waals surface area contributed by atoms with Crippen LogP contribution in [0.4, 0.5) is 32.0 Å². The second-order valence-electron chi connectivity index (χ2n) is 3.98. The zero-order valence-corrected chi connectivity index (χ0v) is 11.2. The minimum Gasteiger partial charge on any atom is -0.406 e. The smallest absolute Gasteiger partial charge is 0.406 e. The van der Waals surface area contributed by atoms with Gasteiger partial charge in [0.1, 0.15) is 12.3 Å². The summed E-state index contributed by atoms with van der Waals surface area (Å²) in [5.41, 5.74) is 10.7. The maximum Gasteiger partial charge on any atom is 0.573 e. The number of nitrogens with zero attached hydrogens (tertiary/aromatic N) is 2. The van der Waals surface area contributed by atoms with Crippen molar-refractivity contribution in [1.82, 2.24) is 0 Å². The highest BCUT2D eigenvalue weighted by atomic mass is 19.4. The number of anilines is 1. The second kappa shape index (κ2) is 7.07. The van der Waals surface area contributed by atoms with Gasteiger partial charge in [-0.25, -0.2) is 4.99 Å². The summed E-state index contributed by atoms with van der Waals surface area (Å²) >= 11 is 0. The third-order valence-electron chi connectivity index (χ3n) is 2.02. The first-order valence-corrected chi connectivity index (χ1v) is 5.78. The van der Waals surface area contributed by atoms with Gasteiger partial charge >= 0.3 is 12.5 Å². The summed E-state index contributed by atoms with van der Waals surface area (Å²) in [6.45, 7) is -1.51. The monoisotopic (exact) mass is 343 g/mol. The van der Waals surface area contributed by atoms with Crippen molar-refractivity contribution < 1.29 is 31.1 Å². The first-order chi connectivity index (χ1) is 10.4. The summed E-state index contributed by atoms with van der Waals surface area (Å²) in [6.07, 6.45) is -9.35. The van der Waals surface area contributed by atoms with Gasteiger partial charge in [-0.1, -0.05) is 0 Å². The first-order valence-electron chi connectivity index (χ1n) is 5.78. The van der Waals surface area contributed by atoms with E-state index in [1.807, 2.05) is 0 Å². The molecule has 0 saturated heterocycles. The lowest BCUT2D eigenvalue weighted by molar-refractivity contribution is -0.274. The Labute approximate surface area is 125 Å². The lowest BCUT2D eigenvalue weighted by Crippen LogP contribution is -2.27. The third-order valence-corrected chi connectivity index (χ3v) is 2.02. The van der Waals surface area contributed by atoms with Gasteiger partial charge < -0.3 is 21.5 Å². The van der Waals surface area contributed by atoms with Crippen LogP contribution < -0.4 is 21.5 Å². The molecular weight excluding hydrogens is 332 g/mol. The number of aliphatic imine (C=N–C) groups is 2. The summed E-state index contributed by atoms with van der Waals surface area (Å²) in [6, 6.07) is 4.38. The van der Waals surface area contributed by atoms with E-state index in [2.05, 4.69) is 20.0 Å². The van der Waals surface area contributed by atoms with Crippen molar-refractivity contribution >= 4 is 17.6 Å². The van der Waals surface area contributed by atoms with Gasteiger partial charge in [0.15, 0.2) is 0 Å². The van der Waals surface area contributed by atoms with Crippen LogP contribution in [0.5, 0.6) is 5.75 Å². The molecule has 0 atom stereocenters. The van der Waals surface area contributed by atoms with Crippen LogP contribution in [0.2, 0.25) is 0 Å². The number of benzene rings is 1. The molecule has 5 N–H and O–H groups in total. The number of guanidine groups is 2. The molecule has 0 aliphatic heterocycles. The zero-order valence-electron chi connectivity index (χ0n) is 11.2. The van der Waals surface area contributed by atoms with Crippen molar-refractivity contribution in [3.8, 4) is 5.75 Å². The van der Waals surface area contributed by atoms with Crippen LogP contribution in [0.3, 0.4) is 0 Å². The lowest BCUT2D eigenvalue weighted by Gasteiger charge is -2.10. The molecule has 1 aromatic carbocycles. The SMILES string of the molecule is NC(=NCC(F)(F)F)N=C(N)Nc1ccc(OC(F)(F)F)cc1. The highest BCUT2D eigenvalue weighted by molar-refractivity contribution is 6.00. The fourth-order valence-electron chi connectivity index (χ4n) is 1.25. The van der Waals surface area contributed by atoms with E-state index in [0.717, 1.165) is 12.1 Å². The van der Waals surface area contributed by atoms with E-state index >= 15 is 0 Å². The molecule has 1 rings (SSSR count). The molecular formula is C11H11F6N5O. The zero-order chi connectivity index (χ0) is 17.7. The van der Waals surface area contributed by atoms with Gasteiger partial charge in [0, 0.05) is 5.69 Å². The van der Waals surface area contributed by atoms with E-state index in [0.29, 0.717) is 0 Å². The predicted molar refractivity (Wildman–Crippen MR) is 70.9 cm³/mol. The minimum atomic E-state index is -4.82. The Morgan fingerprint density at radius 1 is 1.04 bits per heavy atom. The number of rotatable bonds is 3. The maximum atomic E-state index is 12.0. The van der Waals surface area contributed by atoms with Crippen LogP contribution in [0.1, 0.15) is 0 Å². The molecule has 6 nitrogen and oxygen atoms in total. The van der Waals surface area contributed by atoms with E-state index in [1.54, 1.807) is 0 Å². The minimum absolute atomic E-state index is 0.212. The van der Waals surface area contributed by atoms with Crippen LogP contribution in [0.25, 0.3) is 0 Å². The molecule has 0 spiro atoms. The van der Waals surface area contributed by atoms with E-state index in [-0.39, 0.29) is 5.69 Å². The van der Waals surface area contributed by atoms with Crippen molar-refractivity contribution in [2.24, 2.45) is 21.5 Å². The van der Waals surface area contributed by atoms with Crippen molar-refractivity contribution in [3.05, 3.63) is 24.3 Å². The molecule has 23 heavy (non-hydrogen) atoms. The second-order valence-corrected chi connectivity index (χ2v) is 3.98. The average Bonchev–Trinajstić information content (AvgIpc) is 2.36. The molecule has 0 radical (unpaired) electrons. The van der Waals surface area contributed by atoms with Crippen molar-refractivity contribution in [1.29, 1.82) is 0 Å². The summed E-state index contributed by atoms with van der Waals surface area (Å²) in [5.74, 6) is -1.55. The number of nitrogens with two attached hydrogens (primary N) is 2. The Bertz CT molecular complexity index is 578. The van der Waals surface area contributed by atoms with Crippen molar-refractivity contribution in [2.45, 2.75) is 12.5 Å². The average molecular weight is 343 g/mol. The van der Waals surface area contributed by atoms with E-state index in [9.17, 15) is 26.3 Å².